The molecule has 1 amide bonds. The molecular weight excluding hydrogens is 318 g/mol. The predicted molar refractivity (Wildman–Crippen MR) is 81.6 cm³/mol. The number of hydrogen-bond donors (Lipinski definition) is 3. The number of amides is 1. The molecule has 0 atom stereocenters. The molecule has 0 unspecified atom stereocenters. The molecule has 8 nitrogen and oxygen atoms in total. The summed E-state index contributed by atoms with van der Waals surface area (Å²) in [5.74, 6) is -0.101. The molecule has 0 aliphatic rings. The van der Waals surface area contributed by atoms with Gasteiger partial charge in [0, 0.05) is 32.3 Å². The molecule has 0 spiro atoms. The Balaban J connectivity index is 0.00000400. The first-order chi connectivity index (χ1) is 9.43. The van der Waals surface area contributed by atoms with Crippen molar-refractivity contribution in [3.63, 3.8) is 0 Å². The van der Waals surface area contributed by atoms with E-state index in [2.05, 4.69) is 22.7 Å². The van der Waals surface area contributed by atoms with E-state index >= 15 is 0 Å². The highest BCUT2D eigenvalue weighted by Crippen LogP contribution is 2.04. The van der Waals surface area contributed by atoms with Gasteiger partial charge in [0.25, 0.3) is 0 Å². The number of carbonyl (C=O) groups excluding carboxylic acids is 1. The highest BCUT2D eigenvalue weighted by molar-refractivity contribution is 7.89. The summed E-state index contributed by atoms with van der Waals surface area (Å²) in [7, 11) is -3.74. The van der Waals surface area contributed by atoms with Gasteiger partial charge >= 0.3 is 0 Å². The number of aryl methyl sites for hydroxylation is 1. The van der Waals surface area contributed by atoms with E-state index in [9.17, 15) is 13.2 Å². The standard InChI is InChI=1S/C11H21N5O3S.ClH/c1-2-4-13-5-6-14-11(17)3-7-16-9-10(8-15-16)20(12,18)19;/h8-9,13H,2-7H2,1H3,(H,14,17)(H2,12,18,19);1H. The van der Waals surface area contributed by atoms with Crippen molar-refractivity contribution in [2.45, 2.75) is 31.2 Å². The highest BCUT2D eigenvalue weighted by atomic mass is 35.5. The molecule has 0 aromatic carbocycles. The van der Waals surface area contributed by atoms with E-state index in [0.717, 1.165) is 19.5 Å². The molecule has 0 radical (unpaired) electrons. The van der Waals surface area contributed by atoms with Crippen LogP contribution < -0.4 is 15.8 Å². The number of hydrogen-bond acceptors (Lipinski definition) is 5. The lowest BCUT2D eigenvalue weighted by Gasteiger charge is -2.06. The quantitative estimate of drug-likeness (QED) is 0.522. The molecule has 0 bridgehead atoms. The minimum Gasteiger partial charge on any atom is -0.355 e. The SMILES string of the molecule is CCCNCCNC(=O)CCn1cc(S(N)(=O)=O)cn1.Cl. The molecule has 0 saturated heterocycles. The molecular formula is C11H22ClN5O3S. The molecule has 4 N–H and O–H groups in total. The molecule has 122 valence electrons. The Hall–Kier alpha value is -1.16. The predicted octanol–water partition coefficient (Wildman–Crippen LogP) is -0.542. The fourth-order valence-electron chi connectivity index (χ4n) is 1.51. The van der Waals surface area contributed by atoms with E-state index in [1.165, 1.54) is 17.1 Å². The van der Waals surface area contributed by atoms with Gasteiger partial charge in [-0.25, -0.2) is 13.6 Å². The minimum absolute atomic E-state index is 0. The van der Waals surface area contributed by atoms with Gasteiger partial charge in [-0.3, -0.25) is 9.48 Å². The third kappa shape index (κ3) is 8.00. The summed E-state index contributed by atoms with van der Waals surface area (Å²) in [4.78, 5) is 11.5. The molecule has 21 heavy (non-hydrogen) atoms. The number of aromatic nitrogens is 2. The van der Waals surface area contributed by atoms with Crippen LogP contribution in [0.2, 0.25) is 0 Å². The van der Waals surface area contributed by atoms with E-state index in [1.807, 2.05) is 0 Å². The van der Waals surface area contributed by atoms with Crippen molar-refractivity contribution in [1.82, 2.24) is 20.4 Å². The van der Waals surface area contributed by atoms with Crippen LogP contribution >= 0.6 is 12.4 Å². The normalized spacial score (nSPS) is 11.0. The van der Waals surface area contributed by atoms with Gasteiger partial charge in [0.15, 0.2) is 0 Å². The van der Waals surface area contributed by atoms with Gasteiger partial charge < -0.3 is 10.6 Å². The Bertz CT molecular complexity index is 532. The number of sulfonamides is 1. The Morgan fingerprint density at radius 1 is 1.38 bits per heavy atom. The van der Waals surface area contributed by atoms with Crippen molar-refractivity contribution < 1.29 is 13.2 Å². The van der Waals surface area contributed by atoms with Gasteiger partial charge in [0.2, 0.25) is 15.9 Å². The second kappa shape index (κ2) is 9.72. The summed E-state index contributed by atoms with van der Waals surface area (Å²) >= 11 is 0. The second-order valence-corrected chi connectivity index (χ2v) is 5.90. The van der Waals surface area contributed by atoms with Crippen molar-refractivity contribution in [3.8, 4) is 0 Å². The van der Waals surface area contributed by atoms with Gasteiger partial charge in [0.05, 0.1) is 6.20 Å². The maximum Gasteiger partial charge on any atom is 0.241 e. The van der Waals surface area contributed by atoms with Crippen molar-refractivity contribution in [3.05, 3.63) is 12.4 Å². The zero-order chi connectivity index (χ0) is 15.0. The fourth-order valence-corrected chi connectivity index (χ4v) is 1.97. The third-order valence-corrected chi connectivity index (χ3v) is 3.42. The first kappa shape index (κ1) is 19.8. The summed E-state index contributed by atoms with van der Waals surface area (Å²) < 4.78 is 23.5. The Morgan fingerprint density at radius 2 is 2.10 bits per heavy atom. The average Bonchev–Trinajstić information content (AvgIpc) is 2.85. The Morgan fingerprint density at radius 3 is 2.67 bits per heavy atom. The first-order valence-corrected chi connectivity index (χ1v) is 8.00. The summed E-state index contributed by atoms with van der Waals surface area (Å²) in [5.41, 5.74) is 0. The highest BCUT2D eigenvalue weighted by Gasteiger charge is 2.11. The maximum absolute atomic E-state index is 11.5. The van der Waals surface area contributed by atoms with Gasteiger partial charge in [-0.2, -0.15) is 5.10 Å². The van der Waals surface area contributed by atoms with E-state index in [4.69, 9.17) is 5.14 Å². The number of halogens is 1. The molecule has 0 aliphatic heterocycles. The largest absolute Gasteiger partial charge is 0.355 e. The monoisotopic (exact) mass is 339 g/mol. The fraction of sp³-hybridized carbons (Fsp3) is 0.636. The molecule has 10 heteroatoms. The number of rotatable bonds is 9. The molecule has 1 aromatic heterocycles. The molecule has 1 aromatic rings. The smallest absolute Gasteiger partial charge is 0.241 e. The van der Waals surface area contributed by atoms with Crippen LogP contribution in [0.4, 0.5) is 0 Å². The second-order valence-electron chi connectivity index (χ2n) is 4.33. The molecule has 0 fully saturated rings. The summed E-state index contributed by atoms with van der Waals surface area (Å²) in [6.45, 7) is 4.62. The summed E-state index contributed by atoms with van der Waals surface area (Å²) in [5, 5.41) is 14.7. The van der Waals surface area contributed by atoms with Crippen LogP contribution in [0.15, 0.2) is 17.3 Å². The lowest BCUT2D eigenvalue weighted by atomic mass is 10.4. The van der Waals surface area contributed by atoms with E-state index in [0.29, 0.717) is 13.1 Å². The Labute approximate surface area is 130 Å². The number of nitrogens with two attached hydrogens (primary N) is 1. The van der Waals surface area contributed by atoms with Gasteiger partial charge in [-0.15, -0.1) is 12.4 Å². The van der Waals surface area contributed by atoms with Crippen LogP contribution in [0.25, 0.3) is 0 Å². The number of carbonyl (C=O) groups is 1. The molecule has 1 rings (SSSR count). The van der Waals surface area contributed by atoms with Crippen LogP contribution in [-0.2, 0) is 21.4 Å². The van der Waals surface area contributed by atoms with Crippen LogP contribution in [-0.4, -0.2) is 43.7 Å². The van der Waals surface area contributed by atoms with Crippen molar-refractivity contribution in [2.75, 3.05) is 19.6 Å². The average molecular weight is 340 g/mol. The lowest BCUT2D eigenvalue weighted by Crippen LogP contribution is -2.32. The lowest BCUT2D eigenvalue weighted by molar-refractivity contribution is -0.121. The van der Waals surface area contributed by atoms with E-state index in [1.54, 1.807) is 0 Å². The zero-order valence-corrected chi connectivity index (χ0v) is 13.5. The van der Waals surface area contributed by atoms with Gasteiger partial charge in [-0.05, 0) is 13.0 Å². The van der Waals surface area contributed by atoms with Crippen molar-refractivity contribution in [2.24, 2.45) is 5.14 Å². The number of primary sulfonamides is 1. The van der Waals surface area contributed by atoms with Gasteiger partial charge in [0.1, 0.15) is 4.90 Å². The topological polar surface area (TPSA) is 119 Å². The Kier molecular flexibility index (Phi) is 9.18. The van der Waals surface area contributed by atoms with Crippen LogP contribution in [0.1, 0.15) is 19.8 Å². The van der Waals surface area contributed by atoms with Crippen LogP contribution in [0.3, 0.4) is 0 Å². The van der Waals surface area contributed by atoms with Crippen LogP contribution in [0, 0.1) is 0 Å². The van der Waals surface area contributed by atoms with Crippen LogP contribution in [0.5, 0.6) is 0 Å². The van der Waals surface area contributed by atoms with Crippen molar-refractivity contribution in [1.29, 1.82) is 0 Å². The number of nitrogens with one attached hydrogen (secondary N) is 2. The molecule has 0 saturated carbocycles. The zero-order valence-electron chi connectivity index (χ0n) is 11.9. The maximum atomic E-state index is 11.5. The minimum atomic E-state index is -3.74. The van der Waals surface area contributed by atoms with E-state index in [-0.39, 0.29) is 29.6 Å². The summed E-state index contributed by atoms with van der Waals surface area (Å²) in [6.07, 6.45) is 3.77. The first-order valence-electron chi connectivity index (χ1n) is 6.46. The summed E-state index contributed by atoms with van der Waals surface area (Å²) in [6, 6.07) is 0. The third-order valence-electron chi connectivity index (χ3n) is 2.56. The molecule has 0 aliphatic carbocycles. The van der Waals surface area contributed by atoms with Gasteiger partial charge in [-0.1, -0.05) is 6.92 Å². The molecule has 1 heterocycles. The van der Waals surface area contributed by atoms with Crippen molar-refractivity contribution >= 4 is 28.3 Å². The number of nitrogens with zero attached hydrogens (tertiary/aromatic N) is 2. The van der Waals surface area contributed by atoms with E-state index < -0.39 is 10.0 Å².